The molecule has 3 amide bonds. The second-order valence-electron chi connectivity index (χ2n) is 10.0. The zero-order chi connectivity index (χ0) is 29.5. The van der Waals surface area contributed by atoms with Crippen LogP contribution in [0.1, 0.15) is 47.7 Å². The van der Waals surface area contributed by atoms with Crippen LogP contribution in [-0.4, -0.2) is 40.8 Å². The highest BCUT2D eigenvalue weighted by Gasteiger charge is 2.19. The Hall–Kier alpha value is -3.85. The van der Waals surface area contributed by atoms with E-state index in [0.29, 0.717) is 27.3 Å². The molecule has 0 saturated carbocycles. The van der Waals surface area contributed by atoms with E-state index in [9.17, 15) is 19.5 Å². The number of nitrogens with zero attached hydrogens (tertiary/aromatic N) is 1. The summed E-state index contributed by atoms with van der Waals surface area (Å²) in [6.45, 7) is 2.00. The summed E-state index contributed by atoms with van der Waals surface area (Å²) in [6, 6.07) is 18.8. The van der Waals surface area contributed by atoms with Crippen LogP contribution in [0.25, 0.3) is 5.57 Å². The Morgan fingerprint density at radius 3 is 2.27 bits per heavy atom. The van der Waals surface area contributed by atoms with Crippen LogP contribution in [0.15, 0.2) is 72.8 Å². The fourth-order valence-electron chi connectivity index (χ4n) is 4.64. The van der Waals surface area contributed by atoms with Gasteiger partial charge in [0.25, 0.3) is 5.91 Å². The Bertz CT molecular complexity index is 1420. The molecule has 10 heteroatoms. The monoisotopic (exact) mass is 595 g/mol. The van der Waals surface area contributed by atoms with Gasteiger partial charge in [-0.15, -0.1) is 0 Å². The van der Waals surface area contributed by atoms with E-state index in [4.69, 9.17) is 28.3 Å². The smallest absolute Gasteiger partial charge is 0.334 e. The first-order valence-electron chi connectivity index (χ1n) is 13.2. The number of amides is 3. The molecule has 0 spiro atoms. The lowest BCUT2D eigenvalue weighted by atomic mass is 9.88. The van der Waals surface area contributed by atoms with Gasteiger partial charge < -0.3 is 20.8 Å². The van der Waals surface area contributed by atoms with E-state index in [1.54, 1.807) is 47.4 Å². The van der Waals surface area contributed by atoms with Gasteiger partial charge >= 0.3 is 12.0 Å². The molecular weight excluding hydrogens is 565 g/mol. The van der Waals surface area contributed by atoms with E-state index in [-0.39, 0.29) is 12.1 Å². The first kappa shape index (κ1) is 30.1. The number of carboxylic acids is 1. The van der Waals surface area contributed by atoms with Crippen molar-refractivity contribution in [1.82, 2.24) is 5.32 Å². The third-order valence-electron chi connectivity index (χ3n) is 6.80. The van der Waals surface area contributed by atoms with Gasteiger partial charge in [-0.1, -0.05) is 60.5 Å². The van der Waals surface area contributed by atoms with Crippen molar-refractivity contribution >= 4 is 58.1 Å². The maximum absolute atomic E-state index is 13.5. The lowest BCUT2D eigenvalue weighted by Crippen LogP contribution is -2.36. The molecule has 1 aliphatic carbocycles. The standard InChI is InChI=1S/C31H31Cl2N3O5/c1-19-3-2-4-23(13-19)21-9-11-27(12-10-21)36(31(41)35-26-15-24(32)14-25(33)16-26)18-20-5-7-22(8-6-20)29(38)34-17-28(37)30(39)40/h5-16,19,28,37H,2-4,17-18H2,1H3,(H,34,38)(H,35,41)(H,39,40)/t19?,28-/m0/s1. The molecule has 0 fully saturated rings. The third kappa shape index (κ3) is 8.33. The molecule has 4 rings (SSSR count). The summed E-state index contributed by atoms with van der Waals surface area (Å²) in [5.74, 6) is -1.40. The van der Waals surface area contributed by atoms with Crippen LogP contribution in [0.2, 0.25) is 10.0 Å². The van der Waals surface area contributed by atoms with Crippen LogP contribution in [0, 0.1) is 5.92 Å². The largest absolute Gasteiger partial charge is 0.479 e. The van der Waals surface area contributed by atoms with E-state index >= 15 is 0 Å². The second kappa shape index (κ2) is 13.7. The van der Waals surface area contributed by atoms with Crippen LogP contribution in [0.4, 0.5) is 16.2 Å². The van der Waals surface area contributed by atoms with Crippen LogP contribution >= 0.6 is 23.2 Å². The molecule has 8 nitrogen and oxygen atoms in total. The van der Waals surface area contributed by atoms with Gasteiger partial charge in [-0.3, -0.25) is 9.69 Å². The molecule has 1 unspecified atom stereocenters. The fraction of sp³-hybridized carbons (Fsp3) is 0.258. The van der Waals surface area contributed by atoms with Gasteiger partial charge in [0.05, 0.1) is 13.1 Å². The third-order valence-corrected chi connectivity index (χ3v) is 7.23. The number of halogens is 2. The van der Waals surface area contributed by atoms with Gasteiger partial charge in [0.1, 0.15) is 0 Å². The average molecular weight is 597 g/mol. The topological polar surface area (TPSA) is 119 Å². The minimum absolute atomic E-state index is 0.193. The quantitative estimate of drug-likeness (QED) is 0.222. The molecule has 214 valence electrons. The number of urea groups is 1. The minimum atomic E-state index is -1.69. The number of aliphatic hydroxyl groups excluding tert-OH is 1. The Labute approximate surface area is 248 Å². The van der Waals surface area contributed by atoms with E-state index in [0.717, 1.165) is 24.0 Å². The molecule has 4 N–H and O–H groups in total. The summed E-state index contributed by atoms with van der Waals surface area (Å²) in [6.07, 6.45) is 3.99. The number of carboxylic acid groups (broad SMARTS) is 1. The van der Waals surface area contributed by atoms with Crippen molar-refractivity contribution < 1.29 is 24.6 Å². The highest BCUT2D eigenvalue weighted by atomic mass is 35.5. The summed E-state index contributed by atoms with van der Waals surface area (Å²) in [4.78, 5) is 38.2. The van der Waals surface area contributed by atoms with Crippen LogP contribution in [-0.2, 0) is 11.3 Å². The van der Waals surface area contributed by atoms with Crippen molar-refractivity contribution in [1.29, 1.82) is 0 Å². The first-order chi connectivity index (χ1) is 19.6. The average Bonchev–Trinajstić information content (AvgIpc) is 2.94. The predicted octanol–water partition coefficient (Wildman–Crippen LogP) is 6.61. The number of aliphatic hydroxyl groups is 1. The normalized spacial score (nSPS) is 15.4. The summed E-state index contributed by atoms with van der Waals surface area (Å²) >= 11 is 12.3. The lowest BCUT2D eigenvalue weighted by Gasteiger charge is -2.25. The maximum atomic E-state index is 13.5. The van der Waals surface area contributed by atoms with Gasteiger partial charge in [-0.05, 0) is 84.3 Å². The van der Waals surface area contributed by atoms with E-state index < -0.39 is 30.6 Å². The number of carbonyl (C=O) groups excluding carboxylic acids is 2. The van der Waals surface area contributed by atoms with Crippen molar-refractivity contribution in [3.05, 3.63) is 99.5 Å². The highest BCUT2D eigenvalue weighted by Crippen LogP contribution is 2.31. The molecular formula is C31H31Cl2N3O5. The van der Waals surface area contributed by atoms with Crippen molar-refractivity contribution in [2.45, 2.75) is 38.8 Å². The van der Waals surface area contributed by atoms with Gasteiger partial charge in [0.2, 0.25) is 0 Å². The molecule has 0 aromatic heterocycles. The van der Waals surface area contributed by atoms with Crippen molar-refractivity contribution in [3.8, 4) is 0 Å². The summed E-state index contributed by atoms with van der Waals surface area (Å²) < 4.78 is 0. The van der Waals surface area contributed by atoms with Crippen molar-refractivity contribution in [2.24, 2.45) is 5.92 Å². The molecule has 41 heavy (non-hydrogen) atoms. The minimum Gasteiger partial charge on any atom is -0.479 e. The van der Waals surface area contributed by atoms with E-state index in [1.165, 1.54) is 12.0 Å². The molecule has 0 saturated heterocycles. The number of rotatable bonds is 9. The number of carbonyl (C=O) groups is 3. The Kier molecular flexibility index (Phi) is 10.0. The van der Waals surface area contributed by atoms with Crippen molar-refractivity contribution in [3.63, 3.8) is 0 Å². The molecule has 0 bridgehead atoms. The second-order valence-corrected chi connectivity index (χ2v) is 10.9. The predicted molar refractivity (Wildman–Crippen MR) is 162 cm³/mol. The molecule has 3 aromatic rings. The van der Waals surface area contributed by atoms with Gasteiger partial charge in [-0.25, -0.2) is 9.59 Å². The maximum Gasteiger partial charge on any atom is 0.334 e. The summed E-state index contributed by atoms with van der Waals surface area (Å²) in [7, 11) is 0. The van der Waals surface area contributed by atoms with E-state index in [2.05, 4.69) is 23.6 Å². The number of nitrogens with one attached hydrogen (secondary N) is 2. The molecule has 0 radical (unpaired) electrons. The van der Waals surface area contributed by atoms with Gasteiger partial charge in [-0.2, -0.15) is 0 Å². The molecule has 2 atom stereocenters. The Balaban J connectivity index is 1.55. The Morgan fingerprint density at radius 1 is 1.00 bits per heavy atom. The highest BCUT2D eigenvalue weighted by molar-refractivity contribution is 6.35. The number of aliphatic carboxylic acids is 1. The van der Waals surface area contributed by atoms with Gasteiger partial charge in [0.15, 0.2) is 6.10 Å². The van der Waals surface area contributed by atoms with Crippen LogP contribution in [0.5, 0.6) is 0 Å². The molecule has 1 aliphatic rings. The number of hydrogen-bond donors (Lipinski definition) is 4. The summed E-state index contributed by atoms with van der Waals surface area (Å²) in [5, 5.41) is 24.2. The first-order valence-corrected chi connectivity index (χ1v) is 14.0. The van der Waals surface area contributed by atoms with Crippen LogP contribution in [0.3, 0.4) is 0 Å². The van der Waals surface area contributed by atoms with E-state index in [1.807, 2.05) is 24.3 Å². The molecule has 0 aliphatic heterocycles. The number of allylic oxidation sites excluding steroid dienone is 2. The van der Waals surface area contributed by atoms with Crippen molar-refractivity contribution in [2.75, 3.05) is 16.8 Å². The SMILES string of the molecule is CC1C=C(c2ccc(N(Cc3ccc(C(=O)NC[C@H](O)C(=O)O)cc3)C(=O)Nc3cc(Cl)cc(Cl)c3)cc2)CCC1. The van der Waals surface area contributed by atoms with Crippen LogP contribution < -0.4 is 15.5 Å². The lowest BCUT2D eigenvalue weighted by molar-refractivity contribution is -0.146. The number of hydrogen-bond acceptors (Lipinski definition) is 4. The zero-order valence-corrected chi connectivity index (χ0v) is 24.0. The molecule has 0 heterocycles. The fourth-order valence-corrected chi connectivity index (χ4v) is 5.17. The zero-order valence-electron chi connectivity index (χ0n) is 22.4. The van der Waals surface area contributed by atoms with Gasteiger partial charge in [0, 0.05) is 27.0 Å². The number of benzene rings is 3. The molecule has 3 aromatic carbocycles. The number of anilines is 2. The Morgan fingerprint density at radius 2 is 1.66 bits per heavy atom. The summed E-state index contributed by atoms with van der Waals surface area (Å²) in [5.41, 5.74) is 4.60.